The number of nitrogens with one attached hydrogen (secondary N) is 2. The zero-order chi connectivity index (χ0) is 30.1. The predicted octanol–water partition coefficient (Wildman–Crippen LogP) is 7.80. The number of hydrogen-bond acceptors (Lipinski definition) is 5. The Bertz CT molecular complexity index is 1660. The number of likely N-dealkylation sites (tertiary alicyclic amines) is 1. The number of fused-ring (bicyclic) bond motifs is 2. The van der Waals surface area contributed by atoms with Crippen molar-refractivity contribution < 1.29 is 4.79 Å². The molecular weight excluding hydrogens is 576 g/mol. The predicted molar refractivity (Wildman–Crippen MR) is 177 cm³/mol. The topological polar surface area (TPSA) is 78.1 Å². The molecular formula is C35H41ClN4O2S. The first kappa shape index (κ1) is 30.0. The summed E-state index contributed by atoms with van der Waals surface area (Å²) in [7, 11) is 0. The Morgan fingerprint density at radius 2 is 1.88 bits per heavy atom. The van der Waals surface area contributed by atoms with Crippen LogP contribution in [-0.2, 0) is 12.8 Å². The van der Waals surface area contributed by atoms with Gasteiger partial charge in [-0.2, -0.15) is 0 Å². The summed E-state index contributed by atoms with van der Waals surface area (Å²) in [6.07, 6.45) is 9.52. The molecule has 226 valence electrons. The lowest BCUT2D eigenvalue weighted by atomic mass is 9.71. The molecule has 0 bridgehead atoms. The van der Waals surface area contributed by atoms with Crippen molar-refractivity contribution in [1.29, 1.82) is 0 Å². The summed E-state index contributed by atoms with van der Waals surface area (Å²) < 4.78 is 0. The van der Waals surface area contributed by atoms with Gasteiger partial charge in [-0.1, -0.05) is 63.1 Å². The van der Waals surface area contributed by atoms with Gasteiger partial charge in [0.25, 0.3) is 11.5 Å². The highest BCUT2D eigenvalue weighted by Crippen LogP contribution is 2.38. The van der Waals surface area contributed by atoms with Crippen LogP contribution < -0.4 is 10.9 Å². The Balaban J connectivity index is 1.22. The van der Waals surface area contributed by atoms with Crippen LogP contribution in [0.4, 0.5) is 0 Å². The molecule has 43 heavy (non-hydrogen) atoms. The van der Waals surface area contributed by atoms with Crippen molar-refractivity contribution in [2.75, 3.05) is 19.6 Å². The van der Waals surface area contributed by atoms with Crippen LogP contribution in [-0.4, -0.2) is 40.4 Å². The van der Waals surface area contributed by atoms with Gasteiger partial charge in [0.15, 0.2) is 0 Å². The van der Waals surface area contributed by atoms with Crippen molar-refractivity contribution in [3.05, 3.63) is 85.7 Å². The summed E-state index contributed by atoms with van der Waals surface area (Å²) in [4.78, 5) is 37.3. The molecule has 1 saturated heterocycles. The van der Waals surface area contributed by atoms with Gasteiger partial charge in [-0.15, -0.1) is 11.3 Å². The van der Waals surface area contributed by atoms with Gasteiger partial charge in [0, 0.05) is 23.8 Å². The molecule has 6 nitrogen and oxygen atoms in total. The number of nitrogens with zero attached hydrogens (tertiary/aromatic N) is 2. The van der Waals surface area contributed by atoms with Gasteiger partial charge >= 0.3 is 0 Å². The van der Waals surface area contributed by atoms with E-state index in [0.717, 1.165) is 65.8 Å². The molecule has 4 heterocycles. The average Bonchev–Trinajstić information content (AvgIpc) is 3.42. The third-order valence-electron chi connectivity index (χ3n) is 9.31. The van der Waals surface area contributed by atoms with Crippen molar-refractivity contribution in [2.24, 2.45) is 11.3 Å². The molecule has 1 fully saturated rings. The Hall–Kier alpha value is -3.00. The summed E-state index contributed by atoms with van der Waals surface area (Å²) in [5.74, 6) is 0.600. The number of hydrogen-bond donors (Lipinski definition) is 2. The largest absolute Gasteiger partial charge is 0.344 e. The summed E-state index contributed by atoms with van der Waals surface area (Å²) in [6.45, 7) is 10.2. The number of thiophene rings is 1. The molecule has 8 heteroatoms. The number of aromatic amines is 1. The number of piperidine rings is 1. The molecule has 6 rings (SSSR count). The summed E-state index contributed by atoms with van der Waals surface area (Å²) >= 11 is 7.56. The normalized spacial score (nSPS) is 18.4. The second kappa shape index (κ2) is 12.5. The second-order valence-corrected chi connectivity index (χ2v) is 14.7. The number of amides is 1. The van der Waals surface area contributed by atoms with Crippen LogP contribution in [0.5, 0.6) is 0 Å². The molecule has 3 aromatic heterocycles. The minimum atomic E-state index is -0.298. The Kier molecular flexibility index (Phi) is 8.77. The molecule has 2 aliphatic rings. The zero-order valence-corrected chi connectivity index (χ0v) is 26.9. The van der Waals surface area contributed by atoms with Crippen molar-refractivity contribution in [3.63, 3.8) is 0 Å². The van der Waals surface area contributed by atoms with Crippen LogP contribution in [0, 0.1) is 11.3 Å². The number of aryl methyl sites for hydroxylation is 1. The van der Waals surface area contributed by atoms with E-state index >= 15 is 0 Å². The fraction of sp³-hybridized carbons (Fsp3) is 0.457. The van der Waals surface area contributed by atoms with E-state index in [1.807, 2.05) is 18.2 Å². The van der Waals surface area contributed by atoms with Crippen molar-refractivity contribution in [1.82, 2.24) is 20.2 Å². The maximum absolute atomic E-state index is 13.7. The highest BCUT2D eigenvalue weighted by Gasteiger charge is 2.30. The van der Waals surface area contributed by atoms with E-state index in [1.54, 1.807) is 12.3 Å². The van der Waals surface area contributed by atoms with Gasteiger partial charge in [-0.25, -0.2) is 4.98 Å². The van der Waals surface area contributed by atoms with Gasteiger partial charge in [-0.05, 0) is 103 Å². The number of benzene rings is 1. The third kappa shape index (κ3) is 6.89. The van der Waals surface area contributed by atoms with E-state index in [9.17, 15) is 9.59 Å². The van der Waals surface area contributed by atoms with Gasteiger partial charge in [0.05, 0.1) is 10.9 Å². The molecule has 1 aliphatic carbocycles. The monoisotopic (exact) mass is 616 g/mol. The van der Waals surface area contributed by atoms with Crippen molar-refractivity contribution in [3.8, 4) is 11.1 Å². The molecule has 0 unspecified atom stereocenters. The van der Waals surface area contributed by atoms with E-state index < -0.39 is 0 Å². The van der Waals surface area contributed by atoms with E-state index in [0.29, 0.717) is 10.8 Å². The second-order valence-electron chi connectivity index (χ2n) is 13.3. The number of rotatable bonds is 7. The lowest BCUT2D eigenvalue weighted by molar-refractivity contribution is 0.0934. The Morgan fingerprint density at radius 1 is 1.12 bits per heavy atom. The van der Waals surface area contributed by atoms with Crippen molar-refractivity contribution in [2.45, 2.75) is 71.8 Å². The number of carbonyl (C=O) groups is 1. The standard InChI is InChI=1S/C35H41ClN4O2S/c1-35(2,3)27-11-12-29-24(18-27)17-25-20-31(43-34(25)39-29)33(42)38-30(13-16-40-14-5-4-6-15-40)23-9-7-22(8-10-23)26-19-28(36)32(41)37-21-26/h7-10,17,19-21,27,30H,4-6,11-16,18H2,1-3H3,(H,37,41)(H,38,42)/t27-,30+/m0/s1. The van der Waals surface area contributed by atoms with Crippen molar-refractivity contribution >= 4 is 39.1 Å². The lowest BCUT2D eigenvalue weighted by Gasteiger charge is -2.34. The molecule has 1 amide bonds. The zero-order valence-electron chi connectivity index (χ0n) is 25.3. The van der Waals surface area contributed by atoms with Crippen LogP contribution in [0.1, 0.15) is 85.4 Å². The maximum atomic E-state index is 13.7. The molecule has 1 aromatic carbocycles. The summed E-state index contributed by atoms with van der Waals surface area (Å²) in [5, 5.41) is 4.61. The first-order valence-electron chi connectivity index (χ1n) is 15.6. The van der Waals surface area contributed by atoms with Gasteiger partial charge < -0.3 is 15.2 Å². The molecule has 2 N–H and O–H groups in total. The van der Waals surface area contributed by atoms with Crippen LogP contribution in [0.15, 0.2) is 53.5 Å². The molecule has 0 saturated carbocycles. The Labute approximate surface area is 262 Å². The van der Waals surface area contributed by atoms with Crippen LogP contribution in [0.2, 0.25) is 5.02 Å². The van der Waals surface area contributed by atoms with Crippen LogP contribution in [0.25, 0.3) is 21.3 Å². The molecule has 1 aliphatic heterocycles. The third-order valence-corrected chi connectivity index (χ3v) is 10.6. The number of H-pyrrole nitrogens is 1. The number of aromatic nitrogens is 2. The fourth-order valence-electron chi connectivity index (χ4n) is 6.55. The minimum absolute atomic E-state index is 0.0475. The highest BCUT2D eigenvalue weighted by atomic mass is 35.5. The number of pyridine rings is 2. The molecule has 0 radical (unpaired) electrons. The van der Waals surface area contributed by atoms with Crippen LogP contribution >= 0.6 is 22.9 Å². The molecule has 4 aromatic rings. The lowest BCUT2D eigenvalue weighted by Crippen LogP contribution is -2.35. The average molecular weight is 617 g/mol. The first-order valence-corrected chi connectivity index (χ1v) is 16.8. The molecule has 0 spiro atoms. The smallest absolute Gasteiger partial charge is 0.266 e. The van der Waals surface area contributed by atoms with Gasteiger partial charge in [0.1, 0.15) is 9.85 Å². The van der Waals surface area contributed by atoms with Gasteiger partial charge in [-0.3, -0.25) is 9.59 Å². The molecule has 2 atom stereocenters. The quantitative estimate of drug-likeness (QED) is 0.222. The summed E-state index contributed by atoms with van der Waals surface area (Å²) in [6, 6.07) is 14.1. The maximum Gasteiger partial charge on any atom is 0.266 e. The SMILES string of the molecule is CC(C)(C)[C@H]1CCc2nc3sc(C(=O)N[C@H](CCN4CCCCC4)c4ccc(-c5c[nH]c(=O)c(Cl)c5)cc4)cc3cc2C1. The van der Waals surface area contributed by atoms with Crippen LogP contribution in [0.3, 0.4) is 0 Å². The Morgan fingerprint density at radius 3 is 2.60 bits per heavy atom. The highest BCUT2D eigenvalue weighted by molar-refractivity contribution is 7.20. The van der Waals surface area contributed by atoms with E-state index in [-0.39, 0.29) is 27.9 Å². The minimum Gasteiger partial charge on any atom is -0.344 e. The summed E-state index contributed by atoms with van der Waals surface area (Å²) in [5.41, 5.74) is 5.38. The van der Waals surface area contributed by atoms with E-state index in [4.69, 9.17) is 16.6 Å². The fourth-order valence-corrected chi connectivity index (χ4v) is 7.66. The van der Waals surface area contributed by atoms with E-state index in [2.05, 4.69) is 54.2 Å². The first-order chi connectivity index (χ1) is 20.6. The van der Waals surface area contributed by atoms with Gasteiger partial charge in [0.2, 0.25) is 0 Å². The number of halogens is 1. The number of carbonyl (C=O) groups excluding carboxylic acids is 1. The van der Waals surface area contributed by atoms with E-state index in [1.165, 1.54) is 48.3 Å².